The largest absolute Gasteiger partial charge is 0.373 e. The number of ether oxygens (including phenoxy) is 1. The van der Waals surface area contributed by atoms with E-state index in [0.717, 1.165) is 37.1 Å². The number of anilines is 1. The van der Waals surface area contributed by atoms with Gasteiger partial charge in [-0.3, -0.25) is 10.3 Å². The van der Waals surface area contributed by atoms with E-state index >= 15 is 0 Å². The summed E-state index contributed by atoms with van der Waals surface area (Å²) in [7, 11) is 0. The number of pyridine rings is 1. The Balaban J connectivity index is 1.46. The molecule has 1 aliphatic rings. The predicted molar refractivity (Wildman–Crippen MR) is 104 cm³/mol. The van der Waals surface area contributed by atoms with E-state index in [9.17, 15) is 4.79 Å². The molecule has 2 aromatic rings. The molecule has 0 radical (unpaired) electrons. The molecule has 146 valence electrons. The van der Waals surface area contributed by atoms with Crippen molar-refractivity contribution >= 4 is 11.8 Å². The van der Waals surface area contributed by atoms with E-state index in [1.165, 1.54) is 0 Å². The summed E-state index contributed by atoms with van der Waals surface area (Å²) >= 11 is 0. The predicted octanol–water partition coefficient (Wildman–Crippen LogP) is 3.85. The molecule has 0 saturated carbocycles. The second-order valence-electron chi connectivity index (χ2n) is 7.09. The molecule has 27 heavy (non-hydrogen) atoms. The second-order valence-corrected chi connectivity index (χ2v) is 7.09. The Morgan fingerprint density at radius 1 is 1.33 bits per heavy atom. The lowest BCUT2D eigenvalue weighted by Gasteiger charge is -2.32. The SMILES string of the molecule is CCCC(C)n1nccc1NC(=O)N1CCC(OCc2cccnc2)CC1. The van der Waals surface area contributed by atoms with Crippen molar-refractivity contribution in [1.29, 1.82) is 0 Å². The van der Waals surface area contributed by atoms with Crippen molar-refractivity contribution < 1.29 is 9.53 Å². The van der Waals surface area contributed by atoms with E-state index < -0.39 is 0 Å². The number of carbonyl (C=O) groups excluding carboxylic acids is 1. The van der Waals surface area contributed by atoms with Gasteiger partial charge in [-0.15, -0.1) is 0 Å². The molecular weight excluding hydrogens is 342 g/mol. The number of rotatable bonds is 7. The number of likely N-dealkylation sites (tertiary alicyclic amines) is 1. The fraction of sp³-hybridized carbons (Fsp3) is 0.550. The topological polar surface area (TPSA) is 72.3 Å². The molecule has 1 fully saturated rings. The Kier molecular flexibility index (Phi) is 6.81. The fourth-order valence-electron chi connectivity index (χ4n) is 3.42. The molecule has 3 rings (SSSR count). The van der Waals surface area contributed by atoms with Gasteiger partial charge in [0.05, 0.1) is 24.9 Å². The Labute approximate surface area is 160 Å². The summed E-state index contributed by atoms with van der Waals surface area (Å²) in [6.07, 6.45) is 9.31. The highest BCUT2D eigenvalue weighted by Gasteiger charge is 2.24. The molecule has 0 aliphatic carbocycles. The molecule has 0 aromatic carbocycles. The third kappa shape index (κ3) is 5.29. The Hall–Kier alpha value is -2.41. The van der Waals surface area contributed by atoms with Gasteiger partial charge in [0.15, 0.2) is 0 Å². The van der Waals surface area contributed by atoms with Crippen molar-refractivity contribution in [2.75, 3.05) is 18.4 Å². The van der Waals surface area contributed by atoms with Crippen LogP contribution in [-0.4, -0.2) is 44.9 Å². The number of nitrogens with one attached hydrogen (secondary N) is 1. The third-order valence-corrected chi connectivity index (χ3v) is 4.97. The summed E-state index contributed by atoms with van der Waals surface area (Å²) in [5.41, 5.74) is 1.08. The fourth-order valence-corrected chi connectivity index (χ4v) is 3.42. The van der Waals surface area contributed by atoms with Crippen LogP contribution in [0.2, 0.25) is 0 Å². The molecule has 2 aromatic heterocycles. The van der Waals surface area contributed by atoms with Crippen molar-refractivity contribution in [3.8, 4) is 0 Å². The molecule has 7 nitrogen and oxygen atoms in total. The van der Waals surface area contributed by atoms with Gasteiger partial charge in [0.1, 0.15) is 5.82 Å². The standard InChI is InChI=1S/C20H29N5O2/c1-3-5-16(2)25-19(7-11-22-25)23-20(26)24-12-8-18(9-13-24)27-15-17-6-4-10-21-14-17/h4,6-7,10-11,14,16,18H,3,5,8-9,12-13,15H2,1-2H3,(H,23,26). The van der Waals surface area contributed by atoms with Crippen molar-refractivity contribution in [3.63, 3.8) is 0 Å². The molecule has 0 bridgehead atoms. The molecule has 1 saturated heterocycles. The van der Waals surface area contributed by atoms with E-state index in [4.69, 9.17) is 4.74 Å². The van der Waals surface area contributed by atoms with Crippen LogP contribution in [0.25, 0.3) is 0 Å². The molecular formula is C20H29N5O2. The van der Waals surface area contributed by atoms with Crippen LogP contribution in [0.3, 0.4) is 0 Å². The van der Waals surface area contributed by atoms with Crippen LogP contribution in [0, 0.1) is 0 Å². The molecule has 3 heterocycles. The van der Waals surface area contributed by atoms with E-state index in [0.29, 0.717) is 19.7 Å². The monoisotopic (exact) mass is 371 g/mol. The summed E-state index contributed by atoms with van der Waals surface area (Å²) in [4.78, 5) is 18.6. The van der Waals surface area contributed by atoms with Crippen LogP contribution in [0.1, 0.15) is 51.1 Å². The van der Waals surface area contributed by atoms with Crippen LogP contribution in [-0.2, 0) is 11.3 Å². The zero-order valence-corrected chi connectivity index (χ0v) is 16.2. The summed E-state index contributed by atoms with van der Waals surface area (Å²) < 4.78 is 7.86. The average Bonchev–Trinajstić information content (AvgIpc) is 3.16. The summed E-state index contributed by atoms with van der Waals surface area (Å²) in [6, 6.07) is 5.99. The molecule has 0 spiro atoms. The number of aromatic nitrogens is 3. The number of hydrogen-bond acceptors (Lipinski definition) is 4. The highest BCUT2D eigenvalue weighted by atomic mass is 16.5. The maximum Gasteiger partial charge on any atom is 0.323 e. The molecule has 1 N–H and O–H groups in total. The van der Waals surface area contributed by atoms with Gasteiger partial charge in [0.2, 0.25) is 0 Å². The first-order chi connectivity index (χ1) is 13.2. The molecule has 2 amide bonds. The van der Waals surface area contributed by atoms with Crippen molar-refractivity contribution in [2.45, 2.75) is 58.3 Å². The summed E-state index contributed by atoms with van der Waals surface area (Å²) in [5, 5.41) is 7.37. The first kappa shape index (κ1) is 19.4. The number of nitrogens with zero attached hydrogens (tertiary/aromatic N) is 4. The lowest BCUT2D eigenvalue weighted by atomic mass is 10.1. The van der Waals surface area contributed by atoms with E-state index in [2.05, 4.69) is 29.2 Å². The van der Waals surface area contributed by atoms with E-state index in [1.807, 2.05) is 34.0 Å². The minimum absolute atomic E-state index is 0.0637. The Morgan fingerprint density at radius 3 is 2.85 bits per heavy atom. The van der Waals surface area contributed by atoms with Gasteiger partial charge in [-0.1, -0.05) is 19.4 Å². The number of hydrogen-bond donors (Lipinski definition) is 1. The van der Waals surface area contributed by atoms with Gasteiger partial charge in [-0.2, -0.15) is 5.10 Å². The van der Waals surface area contributed by atoms with E-state index in [1.54, 1.807) is 12.4 Å². The van der Waals surface area contributed by atoms with Gasteiger partial charge in [0.25, 0.3) is 0 Å². The number of piperidine rings is 1. The molecule has 1 atom stereocenters. The van der Waals surface area contributed by atoms with E-state index in [-0.39, 0.29) is 18.2 Å². The van der Waals surface area contributed by atoms with Crippen LogP contribution < -0.4 is 5.32 Å². The number of carbonyl (C=O) groups is 1. The summed E-state index contributed by atoms with van der Waals surface area (Å²) in [5.74, 6) is 0.760. The van der Waals surface area contributed by atoms with Crippen molar-refractivity contribution in [2.24, 2.45) is 0 Å². The maximum absolute atomic E-state index is 12.6. The second kappa shape index (κ2) is 9.50. The van der Waals surface area contributed by atoms with Crippen LogP contribution in [0.5, 0.6) is 0 Å². The first-order valence-corrected chi connectivity index (χ1v) is 9.77. The zero-order chi connectivity index (χ0) is 19.1. The lowest BCUT2D eigenvalue weighted by molar-refractivity contribution is 0.00528. The average molecular weight is 371 g/mol. The first-order valence-electron chi connectivity index (χ1n) is 9.77. The normalized spacial score (nSPS) is 16.3. The van der Waals surface area contributed by atoms with Crippen molar-refractivity contribution in [1.82, 2.24) is 19.7 Å². The van der Waals surface area contributed by atoms with Gasteiger partial charge >= 0.3 is 6.03 Å². The molecule has 7 heteroatoms. The molecule has 1 aliphatic heterocycles. The van der Waals surface area contributed by atoms with Crippen LogP contribution in [0.4, 0.5) is 10.6 Å². The zero-order valence-electron chi connectivity index (χ0n) is 16.2. The van der Waals surface area contributed by atoms with Gasteiger partial charge in [-0.05, 0) is 37.8 Å². The van der Waals surface area contributed by atoms with Gasteiger partial charge in [-0.25, -0.2) is 9.48 Å². The quantitative estimate of drug-likeness (QED) is 0.802. The minimum atomic E-state index is -0.0637. The maximum atomic E-state index is 12.6. The Bertz CT molecular complexity index is 710. The van der Waals surface area contributed by atoms with Crippen molar-refractivity contribution in [3.05, 3.63) is 42.4 Å². The Morgan fingerprint density at radius 2 is 2.15 bits per heavy atom. The highest BCUT2D eigenvalue weighted by molar-refractivity contribution is 5.88. The molecule has 1 unspecified atom stereocenters. The van der Waals surface area contributed by atoms with Crippen LogP contribution in [0.15, 0.2) is 36.8 Å². The third-order valence-electron chi connectivity index (χ3n) is 4.97. The summed E-state index contributed by atoms with van der Waals surface area (Å²) in [6.45, 7) is 6.24. The smallest absolute Gasteiger partial charge is 0.323 e. The lowest BCUT2D eigenvalue weighted by Crippen LogP contribution is -2.43. The van der Waals surface area contributed by atoms with Gasteiger partial charge in [0, 0.05) is 31.5 Å². The number of amides is 2. The van der Waals surface area contributed by atoms with Crippen LogP contribution >= 0.6 is 0 Å². The highest BCUT2D eigenvalue weighted by Crippen LogP contribution is 2.20. The minimum Gasteiger partial charge on any atom is -0.373 e. The number of urea groups is 1. The van der Waals surface area contributed by atoms with Gasteiger partial charge < -0.3 is 9.64 Å².